The molecule has 0 radical (unpaired) electrons. The number of nitrogens with one attached hydrogen (secondary N) is 1. The molecule has 1 saturated heterocycles. The molecule has 0 aliphatic carbocycles. The molecule has 1 aromatic rings. The summed E-state index contributed by atoms with van der Waals surface area (Å²) in [6, 6.07) is 6.54. The van der Waals surface area contributed by atoms with Gasteiger partial charge in [-0.1, -0.05) is 6.07 Å². The third-order valence-electron chi connectivity index (χ3n) is 2.71. The molecule has 1 aliphatic heterocycles. The zero-order chi connectivity index (χ0) is 9.80. The molecule has 0 amide bonds. The molecule has 1 aromatic heterocycles. The zero-order valence-electron chi connectivity index (χ0n) is 8.44. The van der Waals surface area contributed by atoms with Gasteiger partial charge in [-0.3, -0.25) is 4.98 Å². The molecule has 3 heteroatoms. The summed E-state index contributed by atoms with van der Waals surface area (Å²) in [5, 5.41) is 3.30. The van der Waals surface area contributed by atoms with Crippen LogP contribution in [0.3, 0.4) is 0 Å². The van der Waals surface area contributed by atoms with Crippen molar-refractivity contribution in [3.05, 3.63) is 30.1 Å². The Kier molecular flexibility index (Phi) is 3.11. The molecule has 2 atom stereocenters. The van der Waals surface area contributed by atoms with Crippen molar-refractivity contribution in [3.63, 3.8) is 0 Å². The van der Waals surface area contributed by atoms with Crippen molar-refractivity contribution in [3.8, 4) is 0 Å². The van der Waals surface area contributed by atoms with Crippen molar-refractivity contribution in [1.82, 2.24) is 10.3 Å². The lowest BCUT2D eigenvalue weighted by Gasteiger charge is -2.28. The van der Waals surface area contributed by atoms with E-state index in [1.165, 1.54) is 0 Å². The molecule has 2 unspecified atom stereocenters. The maximum atomic E-state index is 5.69. The van der Waals surface area contributed by atoms with Gasteiger partial charge in [0.1, 0.15) is 6.10 Å². The summed E-state index contributed by atoms with van der Waals surface area (Å²) in [4.78, 5) is 4.32. The van der Waals surface area contributed by atoms with Crippen molar-refractivity contribution in [1.29, 1.82) is 0 Å². The van der Waals surface area contributed by atoms with Gasteiger partial charge in [-0.15, -0.1) is 0 Å². The van der Waals surface area contributed by atoms with Gasteiger partial charge < -0.3 is 10.1 Å². The minimum Gasteiger partial charge on any atom is -0.372 e. The summed E-state index contributed by atoms with van der Waals surface area (Å²) >= 11 is 0. The average Bonchev–Trinajstić information content (AvgIpc) is 2.30. The first-order valence-corrected chi connectivity index (χ1v) is 5.10. The highest BCUT2D eigenvalue weighted by Crippen LogP contribution is 2.26. The van der Waals surface area contributed by atoms with Gasteiger partial charge in [0.05, 0.1) is 5.69 Å². The second-order valence-corrected chi connectivity index (χ2v) is 3.62. The van der Waals surface area contributed by atoms with Gasteiger partial charge in [-0.2, -0.15) is 0 Å². The Balaban J connectivity index is 2.04. The molecule has 0 bridgehead atoms. The lowest BCUT2D eigenvalue weighted by molar-refractivity contribution is -0.000936. The third-order valence-corrected chi connectivity index (χ3v) is 2.71. The molecule has 76 valence electrons. The Hall–Kier alpha value is -0.930. The van der Waals surface area contributed by atoms with E-state index in [0.717, 1.165) is 25.1 Å². The topological polar surface area (TPSA) is 34.1 Å². The molecule has 2 rings (SSSR count). The number of rotatable bonds is 2. The average molecular weight is 192 g/mol. The van der Waals surface area contributed by atoms with E-state index in [9.17, 15) is 0 Å². The van der Waals surface area contributed by atoms with Gasteiger partial charge in [-0.05, 0) is 32.0 Å². The lowest BCUT2D eigenvalue weighted by Crippen LogP contribution is -2.33. The standard InChI is InChI=1S/C11H16N2O/c1-12-9-5-7-14-11(8-9)10-4-2-3-6-13-10/h2-4,6,9,11-12H,5,7-8H2,1H3. The van der Waals surface area contributed by atoms with Gasteiger partial charge in [0.25, 0.3) is 0 Å². The minimum atomic E-state index is 0.169. The fraction of sp³-hybridized carbons (Fsp3) is 0.545. The van der Waals surface area contributed by atoms with E-state index < -0.39 is 0 Å². The predicted molar refractivity (Wildman–Crippen MR) is 55.0 cm³/mol. The van der Waals surface area contributed by atoms with Crippen LogP contribution in [0.4, 0.5) is 0 Å². The van der Waals surface area contributed by atoms with Crippen LogP contribution in [0, 0.1) is 0 Å². The van der Waals surface area contributed by atoms with Crippen LogP contribution in [0.5, 0.6) is 0 Å². The second kappa shape index (κ2) is 4.53. The van der Waals surface area contributed by atoms with Crippen molar-refractivity contribution in [2.45, 2.75) is 25.0 Å². The fourth-order valence-corrected chi connectivity index (χ4v) is 1.83. The molecule has 0 spiro atoms. The van der Waals surface area contributed by atoms with Crippen LogP contribution in [0.1, 0.15) is 24.6 Å². The molecule has 1 N–H and O–H groups in total. The van der Waals surface area contributed by atoms with Crippen molar-refractivity contribution >= 4 is 0 Å². The molecular weight excluding hydrogens is 176 g/mol. The van der Waals surface area contributed by atoms with Crippen LogP contribution in [0.15, 0.2) is 24.4 Å². The van der Waals surface area contributed by atoms with Gasteiger partial charge in [0, 0.05) is 18.8 Å². The summed E-state index contributed by atoms with van der Waals surface area (Å²) in [6.07, 6.45) is 4.11. The number of hydrogen-bond donors (Lipinski definition) is 1. The first-order chi connectivity index (χ1) is 6.90. The molecule has 14 heavy (non-hydrogen) atoms. The Labute approximate surface area is 84.5 Å². The summed E-state index contributed by atoms with van der Waals surface area (Å²) in [7, 11) is 2.01. The van der Waals surface area contributed by atoms with Gasteiger partial charge in [0.15, 0.2) is 0 Å². The Morgan fingerprint density at radius 3 is 3.14 bits per heavy atom. The maximum Gasteiger partial charge on any atom is 0.101 e. The molecule has 0 saturated carbocycles. The predicted octanol–water partition coefficient (Wildman–Crippen LogP) is 1.52. The van der Waals surface area contributed by atoms with Crippen molar-refractivity contribution < 1.29 is 4.74 Å². The highest BCUT2D eigenvalue weighted by molar-refractivity contribution is 5.08. The third kappa shape index (κ3) is 2.11. The Morgan fingerprint density at radius 1 is 1.50 bits per heavy atom. The van der Waals surface area contributed by atoms with E-state index in [1.807, 2.05) is 31.4 Å². The number of hydrogen-bond acceptors (Lipinski definition) is 3. The normalized spacial score (nSPS) is 27.5. The van der Waals surface area contributed by atoms with E-state index >= 15 is 0 Å². The molecule has 3 nitrogen and oxygen atoms in total. The smallest absolute Gasteiger partial charge is 0.101 e. The highest BCUT2D eigenvalue weighted by Gasteiger charge is 2.23. The largest absolute Gasteiger partial charge is 0.372 e. The molecule has 1 aliphatic rings. The van der Waals surface area contributed by atoms with Crippen LogP contribution in [-0.2, 0) is 4.74 Å². The number of aromatic nitrogens is 1. The van der Waals surface area contributed by atoms with Gasteiger partial charge in [0.2, 0.25) is 0 Å². The molecular formula is C11H16N2O. The SMILES string of the molecule is CNC1CCOC(c2ccccn2)C1. The minimum absolute atomic E-state index is 0.169. The van der Waals surface area contributed by atoms with Crippen LogP contribution in [0.25, 0.3) is 0 Å². The van der Waals surface area contributed by atoms with E-state index in [0.29, 0.717) is 6.04 Å². The first-order valence-electron chi connectivity index (χ1n) is 5.10. The lowest BCUT2D eigenvalue weighted by atomic mass is 10.0. The maximum absolute atomic E-state index is 5.69. The van der Waals surface area contributed by atoms with Crippen LogP contribution in [-0.4, -0.2) is 24.7 Å². The molecule has 1 fully saturated rings. The first kappa shape index (κ1) is 9.62. The quantitative estimate of drug-likeness (QED) is 0.771. The summed E-state index contributed by atoms with van der Waals surface area (Å²) in [5.74, 6) is 0. The van der Waals surface area contributed by atoms with Gasteiger partial charge >= 0.3 is 0 Å². The van der Waals surface area contributed by atoms with E-state index in [1.54, 1.807) is 0 Å². The zero-order valence-corrected chi connectivity index (χ0v) is 8.44. The van der Waals surface area contributed by atoms with Crippen molar-refractivity contribution in [2.24, 2.45) is 0 Å². The number of pyridine rings is 1. The van der Waals surface area contributed by atoms with Crippen LogP contribution in [0.2, 0.25) is 0 Å². The van der Waals surface area contributed by atoms with Gasteiger partial charge in [-0.25, -0.2) is 0 Å². The van der Waals surface area contributed by atoms with Crippen LogP contribution >= 0.6 is 0 Å². The van der Waals surface area contributed by atoms with Crippen molar-refractivity contribution in [2.75, 3.05) is 13.7 Å². The highest BCUT2D eigenvalue weighted by atomic mass is 16.5. The summed E-state index contributed by atoms with van der Waals surface area (Å²) in [5.41, 5.74) is 1.05. The summed E-state index contributed by atoms with van der Waals surface area (Å²) in [6.45, 7) is 0.826. The second-order valence-electron chi connectivity index (χ2n) is 3.62. The summed E-state index contributed by atoms with van der Waals surface area (Å²) < 4.78 is 5.69. The van der Waals surface area contributed by atoms with E-state index in [-0.39, 0.29) is 6.10 Å². The number of nitrogens with zero attached hydrogens (tertiary/aromatic N) is 1. The molecule has 2 heterocycles. The van der Waals surface area contributed by atoms with E-state index in [2.05, 4.69) is 10.3 Å². The molecule has 0 aromatic carbocycles. The van der Waals surface area contributed by atoms with E-state index in [4.69, 9.17) is 4.74 Å². The van der Waals surface area contributed by atoms with Crippen LogP contribution < -0.4 is 5.32 Å². The Morgan fingerprint density at radius 2 is 2.43 bits per heavy atom. The monoisotopic (exact) mass is 192 g/mol. The number of ether oxygens (including phenoxy) is 1. The Bertz CT molecular complexity index is 276. The fourth-order valence-electron chi connectivity index (χ4n) is 1.83.